The van der Waals surface area contributed by atoms with E-state index in [0.29, 0.717) is 12.1 Å². The van der Waals surface area contributed by atoms with Gasteiger partial charge in [-0.3, -0.25) is 0 Å². The Labute approximate surface area is 94.5 Å². The van der Waals surface area contributed by atoms with Crippen molar-refractivity contribution in [1.29, 1.82) is 0 Å². The lowest BCUT2D eigenvalue weighted by atomic mass is 10.00. The highest BCUT2D eigenvalue weighted by Gasteiger charge is 2.10. The van der Waals surface area contributed by atoms with Crippen LogP contribution >= 0.6 is 0 Å². The van der Waals surface area contributed by atoms with Crippen LogP contribution in [0.2, 0.25) is 0 Å². The van der Waals surface area contributed by atoms with Gasteiger partial charge in [-0.25, -0.2) is 0 Å². The summed E-state index contributed by atoms with van der Waals surface area (Å²) in [5.41, 5.74) is 9.73. The van der Waals surface area contributed by atoms with E-state index in [1.807, 2.05) is 31.2 Å². The molecule has 0 aliphatic carbocycles. The van der Waals surface area contributed by atoms with Crippen LogP contribution in [0.5, 0.6) is 0 Å². The van der Waals surface area contributed by atoms with Crippen LogP contribution in [0.15, 0.2) is 34.9 Å². The summed E-state index contributed by atoms with van der Waals surface area (Å²) in [6, 6.07) is 7.71. The van der Waals surface area contributed by atoms with E-state index in [1.165, 1.54) is 0 Å². The van der Waals surface area contributed by atoms with Crippen LogP contribution in [-0.2, 0) is 6.42 Å². The SMILES string of the molecule is Cc1cc(CCO)c(N)c(-c2ccco2)c1. The molecule has 1 heterocycles. The molecular weight excluding hydrogens is 202 g/mol. The molecule has 0 unspecified atom stereocenters. The first-order chi connectivity index (χ1) is 7.72. The molecule has 0 saturated heterocycles. The Morgan fingerprint density at radius 3 is 2.81 bits per heavy atom. The number of aliphatic hydroxyl groups excluding tert-OH is 1. The normalized spacial score (nSPS) is 10.6. The molecule has 0 aliphatic rings. The molecule has 0 atom stereocenters. The van der Waals surface area contributed by atoms with E-state index in [1.54, 1.807) is 6.26 Å². The summed E-state index contributed by atoms with van der Waals surface area (Å²) < 4.78 is 5.35. The Balaban J connectivity index is 2.53. The third-order valence-electron chi connectivity index (χ3n) is 2.58. The summed E-state index contributed by atoms with van der Waals surface area (Å²) >= 11 is 0. The van der Waals surface area contributed by atoms with Crippen molar-refractivity contribution >= 4 is 5.69 Å². The fourth-order valence-corrected chi connectivity index (χ4v) is 1.84. The van der Waals surface area contributed by atoms with E-state index in [2.05, 4.69) is 0 Å². The Bertz CT molecular complexity index is 475. The van der Waals surface area contributed by atoms with Crippen molar-refractivity contribution in [3.05, 3.63) is 41.7 Å². The number of aryl methyl sites for hydroxylation is 1. The molecular formula is C13H15NO2. The fraction of sp³-hybridized carbons (Fsp3) is 0.231. The van der Waals surface area contributed by atoms with Gasteiger partial charge >= 0.3 is 0 Å². The Morgan fingerprint density at radius 2 is 2.19 bits per heavy atom. The van der Waals surface area contributed by atoms with Gasteiger partial charge in [0.2, 0.25) is 0 Å². The van der Waals surface area contributed by atoms with Gasteiger partial charge in [-0.2, -0.15) is 0 Å². The van der Waals surface area contributed by atoms with Gasteiger partial charge in [0.15, 0.2) is 0 Å². The lowest BCUT2D eigenvalue weighted by molar-refractivity contribution is 0.300. The summed E-state index contributed by atoms with van der Waals surface area (Å²) in [5.74, 6) is 0.764. The zero-order chi connectivity index (χ0) is 11.5. The number of nitrogen functional groups attached to an aromatic ring is 1. The molecule has 0 aliphatic heterocycles. The quantitative estimate of drug-likeness (QED) is 0.776. The minimum absolute atomic E-state index is 0.102. The first kappa shape index (κ1) is 10.8. The van der Waals surface area contributed by atoms with Gasteiger partial charge in [-0.05, 0) is 42.7 Å². The van der Waals surface area contributed by atoms with E-state index in [-0.39, 0.29) is 6.61 Å². The standard InChI is InChI=1S/C13H15NO2/c1-9-7-10(4-5-15)13(14)11(8-9)12-3-2-6-16-12/h2-3,6-8,15H,4-5,14H2,1H3. The molecule has 3 nitrogen and oxygen atoms in total. The monoisotopic (exact) mass is 217 g/mol. The lowest BCUT2D eigenvalue weighted by Crippen LogP contribution is -2.00. The summed E-state index contributed by atoms with van der Waals surface area (Å²) in [4.78, 5) is 0. The predicted octanol–water partition coefficient (Wildman–Crippen LogP) is 2.37. The van der Waals surface area contributed by atoms with Gasteiger partial charge in [0.25, 0.3) is 0 Å². The van der Waals surface area contributed by atoms with Gasteiger partial charge < -0.3 is 15.3 Å². The van der Waals surface area contributed by atoms with Crippen molar-refractivity contribution in [1.82, 2.24) is 0 Å². The summed E-state index contributed by atoms with van der Waals surface area (Å²) in [6.45, 7) is 2.11. The Kier molecular flexibility index (Phi) is 2.97. The molecule has 1 aromatic carbocycles. The number of rotatable bonds is 3. The highest BCUT2D eigenvalue weighted by molar-refractivity contribution is 5.76. The van der Waals surface area contributed by atoms with Crippen LogP contribution < -0.4 is 5.73 Å². The van der Waals surface area contributed by atoms with Crippen molar-refractivity contribution in [3.8, 4) is 11.3 Å². The number of anilines is 1. The van der Waals surface area contributed by atoms with Crippen LogP contribution in [0.25, 0.3) is 11.3 Å². The molecule has 3 N–H and O–H groups in total. The average Bonchev–Trinajstić information content (AvgIpc) is 2.76. The van der Waals surface area contributed by atoms with Crippen LogP contribution in [-0.4, -0.2) is 11.7 Å². The molecule has 2 rings (SSSR count). The maximum Gasteiger partial charge on any atom is 0.135 e. The van der Waals surface area contributed by atoms with Crippen molar-refractivity contribution < 1.29 is 9.52 Å². The molecule has 0 amide bonds. The zero-order valence-electron chi connectivity index (χ0n) is 9.23. The van der Waals surface area contributed by atoms with E-state index in [4.69, 9.17) is 15.3 Å². The van der Waals surface area contributed by atoms with Crippen molar-refractivity contribution in [3.63, 3.8) is 0 Å². The number of furan rings is 1. The molecule has 0 bridgehead atoms. The zero-order valence-corrected chi connectivity index (χ0v) is 9.23. The Morgan fingerprint density at radius 1 is 1.38 bits per heavy atom. The maximum atomic E-state index is 8.98. The van der Waals surface area contributed by atoms with Gasteiger partial charge in [0.05, 0.1) is 6.26 Å². The second-order valence-electron chi connectivity index (χ2n) is 3.84. The maximum absolute atomic E-state index is 8.98. The second-order valence-corrected chi connectivity index (χ2v) is 3.84. The summed E-state index contributed by atoms with van der Waals surface area (Å²) in [7, 11) is 0. The highest BCUT2D eigenvalue weighted by Crippen LogP contribution is 2.30. The highest BCUT2D eigenvalue weighted by atomic mass is 16.3. The van der Waals surface area contributed by atoms with Crippen molar-refractivity contribution in [2.45, 2.75) is 13.3 Å². The molecule has 16 heavy (non-hydrogen) atoms. The molecule has 0 saturated carbocycles. The molecule has 0 fully saturated rings. The van der Waals surface area contributed by atoms with Crippen LogP contribution in [0.4, 0.5) is 5.69 Å². The first-order valence-electron chi connectivity index (χ1n) is 5.26. The number of hydrogen-bond acceptors (Lipinski definition) is 3. The van der Waals surface area contributed by atoms with Crippen molar-refractivity contribution in [2.75, 3.05) is 12.3 Å². The smallest absolute Gasteiger partial charge is 0.135 e. The third-order valence-corrected chi connectivity index (χ3v) is 2.58. The van der Waals surface area contributed by atoms with Crippen LogP contribution in [0, 0.1) is 6.92 Å². The second kappa shape index (κ2) is 4.41. The molecule has 84 valence electrons. The van der Waals surface area contributed by atoms with Crippen LogP contribution in [0.1, 0.15) is 11.1 Å². The number of nitrogens with two attached hydrogens (primary N) is 1. The number of benzene rings is 1. The largest absolute Gasteiger partial charge is 0.464 e. The number of aliphatic hydroxyl groups is 1. The van der Waals surface area contributed by atoms with Crippen molar-refractivity contribution in [2.24, 2.45) is 0 Å². The number of hydrogen-bond donors (Lipinski definition) is 2. The van der Waals surface area contributed by atoms with E-state index in [0.717, 1.165) is 22.5 Å². The van der Waals surface area contributed by atoms with E-state index >= 15 is 0 Å². The van der Waals surface area contributed by atoms with Gasteiger partial charge in [0.1, 0.15) is 5.76 Å². The minimum atomic E-state index is 0.102. The summed E-state index contributed by atoms with van der Waals surface area (Å²) in [6.07, 6.45) is 2.20. The molecule has 2 aromatic rings. The third kappa shape index (κ3) is 1.95. The van der Waals surface area contributed by atoms with E-state index in [9.17, 15) is 0 Å². The van der Waals surface area contributed by atoms with Gasteiger partial charge in [-0.1, -0.05) is 6.07 Å². The summed E-state index contributed by atoms with van der Waals surface area (Å²) in [5, 5.41) is 8.98. The van der Waals surface area contributed by atoms with E-state index < -0.39 is 0 Å². The van der Waals surface area contributed by atoms with Gasteiger partial charge in [-0.15, -0.1) is 0 Å². The topological polar surface area (TPSA) is 59.4 Å². The minimum Gasteiger partial charge on any atom is -0.464 e. The predicted molar refractivity (Wildman–Crippen MR) is 64.1 cm³/mol. The van der Waals surface area contributed by atoms with Crippen LogP contribution in [0.3, 0.4) is 0 Å². The molecule has 1 aromatic heterocycles. The first-order valence-corrected chi connectivity index (χ1v) is 5.26. The van der Waals surface area contributed by atoms with Gasteiger partial charge in [0, 0.05) is 17.9 Å². The Hall–Kier alpha value is -1.74. The lowest BCUT2D eigenvalue weighted by Gasteiger charge is -2.10. The molecule has 3 heteroatoms. The fourth-order valence-electron chi connectivity index (χ4n) is 1.84. The molecule has 0 spiro atoms. The average molecular weight is 217 g/mol. The molecule has 0 radical (unpaired) electrons.